The molecule has 0 saturated carbocycles. The predicted molar refractivity (Wildman–Crippen MR) is 78.5 cm³/mol. The van der Waals surface area contributed by atoms with Crippen molar-refractivity contribution in [3.8, 4) is 0 Å². The lowest BCUT2D eigenvalue weighted by atomic mass is 10.1. The molecule has 1 saturated heterocycles. The predicted octanol–water partition coefficient (Wildman–Crippen LogP) is 2.88. The summed E-state index contributed by atoms with van der Waals surface area (Å²) in [6, 6.07) is 10.0. The van der Waals surface area contributed by atoms with Crippen LogP contribution in [-0.2, 0) is 6.42 Å². The molecule has 3 rings (SSSR count). The van der Waals surface area contributed by atoms with E-state index in [1.54, 1.807) is 0 Å². The van der Waals surface area contributed by atoms with Crippen LogP contribution >= 0.6 is 11.6 Å². The SMILES string of the molecule is O=c1nc(N2CCCC2)oc(Cl)c1Cc1ccccc1. The molecule has 0 N–H and O–H groups in total. The molecule has 2 aromatic rings. The fourth-order valence-corrected chi connectivity index (χ4v) is 2.61. The molecular weight excluding hydrogens is 276 g/mol. The second kappa shape index (κ2) is 5.67. The van der Waals surface area contributed by atoms with Crippen molar-refractivity contribution in [3.05, 3.63) is 57.0 Å². The van der Waals surface area contributed by atoms with Crippen LogP contribution in [0.15, 0.2) is 39.5 Å². The molecule has 0 unspecified atom stereocenters. The molecule has 20 heavy (non-hydrogen) atoms. The molecule has 0 aliphatic carbocycles. The van der Waals surface area contributed by atoms with Crippen LogP contribution in [0.1, 0.15) is 24.0 Å². The Kier molecular flexibility index (Phi) is 3.74. The summed E-state index contributed by atoms with van der Waals surface area (Å²) in [5.74, 6) is 0. The van der Waals surface area contributed by atoms with Crippen molar-refractivity contribution in [2.75, 3.05) is 18.0 Å². The summed E-state index contributed by atoms with van der Waals surface area (Å²) in [6.07, 6.45) is 2.62. The normalized spacial score (nSPS) is 14.8. The third kappa shape index (κ3) is 2.70. The van der Waals surface area contributed by atoms with E-state index in [1.807, 2.05) is 35.2 Å². The molecule has 5 heteroatoms. The van der Waals surface area contributed by atoms with Crippen LogP contribution in [0.2, 0.25) is 5.22 Å². The highest BCUT2D eigenvalue weighted by Crippen LogP contribution is 2.23. The molecule has 0 spiro atoms. The second-order valence-electron chi connectivity index (χ2n) is 4.91. The van der Waals surface area contributed by atoms with E-state index in [9.17, 15) is 4.79 Å². The minimum atomic E-state index is -0.299. The van der Waals surface area contributed by atoms with Crippen LogP contribution in [0.25, 0.3) is 0 Å². The first-order valence-electron chi connectivity index (χ1n) is 6.72. The van der Waals surface area contributed by atoms with Gasteiger partial charge in [0.15, 0.2) is 0 Å². The fraction of sp³-hybridized carbons (Fsp3) is 0.333. The summed E-state index contributed by atoms with van der Waals surface area (Å²) in [6.45, 7) is 1.73. The van der Waals surface area contributed by atoms with E-state index in [0.29, 0.717) is 18.0 Å². The van der Waals surface area contributed by atoms with Gasteiger partial charge in [-0.05, 0) is 30.0 Å². The maximum Gasteiger partial charge on any atom is 0.301 e. The smallest absolute Gasteiger partial charge is 0.301 e. The first-order chi connectivity index (χ1) is 9.74. The van der Waals surface area contributed by atoms with Crippen LogP contribution in [0.4, 0.5) is 6.01 Å². The molecule has 0 radical (unpaired) electrons. The summed E-state index contributed by atoms with van der Waals surface area (Å²) in [4.78, 5) is 18.1. The first kappa shape index (κ1) is 13.2. The van der Waals surface area contributed by atoms with E-state index < -0.39 is 0 Å². The lowest BCUT2D eigenvalue weighted by Crippen LogP contribution is -2.24. The Hall–Kier alpha value is -1.81. The van der Waals surface area contributed by atoms with Gasteiger partial charge in [-0.15, -0.1) is 0 Å². The number of anilines is 1. The largest absolute Gasteiger partial charge is 0.413 e. The van der Waals surface area contributed by atoms with Crippen LogP contribution in [0.3, 0.4) is 0 Å². The van der Waals surface area contributed by atoms with Gasteiger partial charge in [0.25, 0.3) is 5.56 Å². The number of benzene rings is 1. The van der Waals surface area contributed by atoms with Crippen molar-refractivity contribution in [2.24, 2.45) is 0 Å². The zero-order valence-corrected chi connectivity index (χ0v) is 11.8. The Morgan fingerprint density at radius 2 is 1.90 bits per heavy atom. The van der Waals surface area contributed by atoms with Gasteiger partial charge >= 0.3 is 6.01 Å². The van der Waals surface area contributed by atoms with Crippen LogP contribution < -0.4 is 10.5 Å². The number of halogens is 1. The van der Waals surface area contributed by atoms with Gasteiger partial charge in [0.2, 0.25) is 5.22 Å². The first-order valence-corrected chi connectivity index (χ1v) is 7.10. The van der Waals surface area contributed by atoms with Crippen molar-refractivity contribution in [3.63, 3.8) is 0 Å². The maximum atomic E-state index is 12.1. The van der Waals surface area contributed by atoms with Gasteiger partial charge in [0.05, 0.1) is 5.56 Å². The average Bonchev–Trinajstić information content (AvgIpc) is 2.98. The van der Waals surface area contributed by atoms with E-state index in [1.165, 1.54) is 0 Å². The molecule has 2 heterocycles. The lowest BCUT2D eigenvalue weighted by Gasteiger charge is -2.14. The van der Waals surface area contributed by atoms with Crippen molar-refractivity contribution in [1.29, 1.82) is 0 Å². The summed E-state index contributed by atoms with van der Waals surface area (Å²) in [5, 5.41) is 0.149. The van der Waals surface area contributed by atoms with Gasteiger partial charge in [0.1, 0.15) is 0 Å². The van der Waals surface area contributed by atoms with Crippen molar-refractivity contribution >= 4 is 17.6 Å². The Morgan fingerprint density at radius 3 is 2.55 bits per heavy atom. The lowest BCUT2D eigenvalue weighted by molar-refractivity contribution is 0.511. The number of rotatable bonds is 3. The number of aromatic nitrogens is 1. The van der Waals surface area contributed by atoms with Crippen LogP contribution in [-0.4, -0.2) is 18.1 Å². The highest BCUT2D eigenvalue weighted by atomic mass is 35.5. The van der Waals surface area contributed by atoms with Gasteiger partial charge in [-0.1, -0.05) is 30.3 Å². The van der Waals surface area contributed by atoms with Crippen molar-refractivity contribution < 1.29 is 4.42 Å². The summed E-state index contributed by atoms with van der Waals surface area (Å²) in [5.41, 5.74) is 1.13. The minimum absolute atomic E-state index is 0.149. The standard InChI is InChI=1S/C15H15ClN2O2/c16-13-12(10-11-6-2-1-3-7-11)14(19)17-15(20-13)18-8-4-5-9-18/h1-3,6-7H,4-5,8-10H2. The van der Waals surface area contributed by atoms with Gasteiger partial charge < -0.3 is 9.32 Å². The molecule has 1 aromatic carbocycles. The molecular formula is C15H15ClN2O2. The second-order valence-corrected chi connectivity index (χ2v) is 5.25. The van der Waals surface area contributed by atoms with Gasteiger partial charge in [-0.2, -0.15) is 4.98 Å². The third-order valence-corrected chi connectivity index (χ3v) is 3.78. The Morgan fingerprint density at radius 1 is 1.20 bits per heavy atom. The van der Waals surface area contributed by atoms with Crippen molar-refractivity contribution in [2.45, 2.75) is 19.3 Å². The summed E-state index contributed by atoms with van der Waals surface area (Å²) >= 11 is 6.13. The molecule has 1 aromatic heterocycles. The Balaban J connectivity index is 1.90. The molecule has 4 nitrogen and oxygen atoms in total. The molecule has 1 aliphatic rings. The van der Waals surface area contributed by atoms with E-state index >= 15 is 0 Å². The van der Waals surface area contributed by atoms with Gasteiger partial charge in [0, 0.05) is 19.5 Å². The zero-order chi connectivity index (χ0) is 13.9. The molecule has 0 amide bonds. The monoisotopic (exact) mass is 290 g/mol. The Bertz CT molecular complexity index is 649. The highest BCUT2D eigenvalue weighted by molar-refractivity contribution is 6.29. The van der Waals surface area contributed by atoms with E-state index in [2.05, 4.69) is 4.98 Å². The minimum Gasteiger partial charge on any atom is -0.413 e. The maximum absolute atomic E-state index is 12.1. The number of hydrogen-bond acceptors (Lipinski definition) is 4. The van der Waals surface area contributed by atoms with Crippen LogP contribution in [0.5, 0.6) is 0 Å². The molecule has 0 bridgehead atoms. The highest BCUT2D eigenvalue weighted by Gasteiger charge is 2.19. The molecule has 1 fully saturated rings. The van der Waals surface area contributed by atoms with E-state index in [-0.39, 0.29) is 10.8 Å². The van der Waals surface area contributed by atoms with Crippen molar-refractivity contribution in [1.82, 2.24) is 4.98 Å². The topological polar surface area (TPSA) is 46.3 Å². The molecule has 1 aliphatic heterocycles. The quantitative estimate of drug-likeness (QED) is 0.872. The van der Waals surface area contributed by atoms with E-state index in [4.69, 9.17) is 16.0 Å². The van der Waals surface area contributed by atoms with Gasteiger partial charge in [-0.25, -0.2) is 0 Å². The summed E-state index contributed by atoms with van der Waals surface area (Å²) in [7, 11) is 0. The number of nitrogens with zero attached hydrogens (tertiary/aromatic N) is 2. The number of hydrogen-bond donors (Lipinski definition) is 0. The zero-order valence-electron chi connectivity index (χ0n) is 11.0. The average molecular weight is 291 g/mol. The Labute approximate surface area is 122 Å². The molecule has 104 valence electrons. The summed E-state index contributed by atoms with van der Waals surface area (Å²) < 4.78 is 5.53. The molecule has 0 atom stereocenters. The fourth-order valence-electron chi connectivity index (χ4n) is 2.39. The van der Waals surface area contributed by atoms with Gasteiger partial charge in [-0.3, -0.25) is 4.79 Å². The third-order valence-electron chi connectivity index (χ3n) is 3.47. The van der Waals surface area contributed by atoms with Crippen LogP contribution in [0, 0.1) is 0 Å². The van der Waals surface area contributed by atoms with E-state index in [0.717, 1.165) is 31.5 Å².